The molecule has 2 rings (SSSR count). The molecule has 1 amide bonds. The molecule has 0 radical (unpaired) electrons. The van der Waals surface area contributed by atoms with Crippen molar-refractivity contribution in [2.24, 2.45) is 12.0 Å². The van der Waals surface area contributed by atoms with E-state index in [2.05, 4.69) is 20.9 Å². The summed E-state index contributed by atoms with van der Waals surface area (Å²) in [6.07, 6.45) is 0.286. The second kappa shape index (κ2) is 9.88. The van der Waals surface area contributed by atoms with Gasteiger partial charge in [-0.3, -0.25) is 9.79 Å². The monoisotopic (exact) mass is 429 g/mol. The summed E-state index contributed by atoms with van der Waals surface area (Å²) >= 11 is 18.1. The van der Waals surface area contributed by atoms with Crippen molar-refractivity contribution in [2.45, 2.75) is 19.9 Å². The molecule has 0 aliphatic rings. The molecule has 0 aliphatic carbocycles. The molecule has 1 aromatic carbocycles. The predicted octanol–water partition coefficient (Wildman–Crippen LogP) is 3.99. The van der Waals surface area contributed by atoms with Gasteiger partial charge in [-0.05, 0) is 30.7 Å². The second-order valence-electron chi connectivity index (χ2n) is 5.90. The molecule has 0 spiro atoms. The molecular weight excluding hydrogens is 409 g/mol. The summed E-state index contributed by atoms with van der Waals surface area (Å²) in [5.74, 6) is 0.472. The van der Waals surface area contributed by atoms with Crippen molar-refractivity contribution in [1.29, 1.82) is 0 Å². The molecule has 3 N–H and O–H groups in total. The zero-order valence-electron chi connectivity index (χ0n) is 15.4. The molecule has 1 heterocycles. The second-order valence-corrected chi connectivity index (χ2v) is 7.07. The minimum atomic E-state index is -0.107. The number of hydrogen-bond acceptors (Lipinski definition) is 2. The van der Waals surface area contributed by atoms with Crippen LogP contribution in [0.2, 0.25) is 15.2 Å². The Balaban J connectivity index is 1.79. The van der Waals surface area contributed by atoms with Gasteiger partial charge in [0.25, 0.3) is 0 Å². The summed E-state index contributed by atoms with van der Waals surface area (Å²) in [4.78, 5) is 16.3. The lowest BCUT2D eigenvalue weighted by molar-refractivity contribution is -0.116. The van der Waals surface area contributed by atoms with E-state index in [1.807, 2.05) is 20.0 Å². The van der Waals surface area contributed by atoms with Crippen LogP contribution in [0.25, 0.3) is 0 Å². The molecule has 2 aromatic rings. The number of hydrogen-bond donors (Lipinski definition) is 3. The number of nitrogens with zero attached hydrogens (tertiary/aromatic N) is 2. The first-order chi connectivity index (χ1) is 12.8. The van der Waals surface area contributed by atoms with E-state index in [4.69, 9.17) is 34.8 Å². The first kappa shape index (κ1) is 21.4. The van der Waals surface area contributed by atoms with E-state index in [9.17, 15) is 4.79 Å². The Labute approximate surface area is 173 Å². The molecular formula is C18H22Cl3N5O. The highest BCUT2D eigenvalue weighted by Gasteiger charge is 2.10. The van der Waals surface area contributed by atoms with Crippen LogP contribution in [0.4, 0.5) is 5.69 Å². The van der Waals surface area contributed by atoms with Crippen LogP contribution in [-0.4, -0.2) is 30.0 Å². The molecule has 0 saturated heterocycles. The number of guanidine groups is 1. The molecule has 27 heavy (non-hydrogen) atoms. The number of aromatic nitrogens is 1. The highest BCUT2D eigenvalue weighted by atomic mass is 35.5. The summed E-state index contributed by atoms with van der Waals surface area (Å²) in [5.41, 5.74) is 2.48. The summed E-state index contributed by atoms with van der Waals surface area (Å²) < 4.78 is 1.80. The van der Waals surface area contributed by atoms with Crippen LogP contribution >= 0.6 is 34.8 Å². The quantitative estimate of drug-likeness (QED) is 0.479. The van der Waals surface area contributed by atoms with Gasteiger partial charge in [0.05, 0.1) is 11.6 Å². The average Bonchev–Trinajstić information content (AvgIpc) is 2.88. The fourth-order valence-electron chi connectivity index (χ4n) is 2.40. The molecule has 0 bridgehead atoms. The Bertz CT molecular complexity index is 848. The molecule has 0 aliphatic heterocycles. The van der Waals surface area contributed by atoms with Gasteiger partial charge in [0, 0.05) is 43.5 Å². The van der Waals surface area contributed by atoms with Crippen LogP contribution in [-0.2, 0) is 18.4 Å². The number of amides is 1. The first-order valence-electron chi connectivity index (χ1n) is 8.32. The Morgan fingerprint density at radius 3 is 2.56 bits per heavy atom. The summed E-state index contributed by atoms with van der Waals surface area (Å²) in [7, 11) is 3.50. The molecule has 6 nitrogen and oxygen atoms in total. The third-order valence-electron chi connectivity index (χ3n) is 4.06. The highest BCUT2D eigenvalue weighted by molar-refractivity contribution is 6.41. The average molecular weight is 431 g/mol. The number of nitrogens with one attached hydrogen (secondary N) is 3. The van der Waals surface area contributed by atoms with Crippen molar-refractivity contribution < 1.29 is 4.79 Å². The van der Waals surface area contributed by atoms with E-state index >= 15 is 0 Å². The van der Waals surface area contributed by atoms with Crippen LogP contribution in [0, 0.1) is 6.92 Å². The summed E-state index contributed by atoms with van der Waals surface area (Å²) in [5, 5.41) is 10.7. The van der Waals surface area contributed by atoms with Gasteiger partial charge in [-0.1, -0.05) is 40.9 Å². The van der Waals surface area contributed by atoms with Gasteiger partial charge >= 0.3 is 0 Å². The third-order valence-corrected chi connectivity index (χ3v) is 5.31. The van der Waals surface area contributed by atoms with Crippen molar-refractivity contribution in [3.63, 3.8) is 0 Å². The van der Waals surface area contributed by atoms with Crippen molar-refractivity contribution in [1.82, 2.24) is 15.2 Å². The Morgan fingerprint density at radius 2 is 1.93 bits per heavy atom. The number of benzene rings is 1. The van der Waals surface area contributed by atoms with E-state index in [1.54, 1.807) is 29.8 Å². The number of aliphatic imine (C=N–C) groups is 1. The number of carbonyl (C=O) groups is 1. The number of halogens is 3. The standard InChI is InChI=1S/C18H22Cl3N5O/c1-11-13(19)5-4-6-15(11)25-16(27)7-8-23-18(22-2)24-10-12-9-14(20)17(21)26(12)3/h4-6,9H,7-8,10H2,1-3H3,(H,25,27)(H2,22,23,24). The number of rotatable bonds is 6. The lowest BCUT2D eigenvalue weighted by atomic mass is 10.2. The van der Waals surface area contributed by atoms with Crippen LogP contribution in [0.15, 0.2) is 29.3 Å². The topological polar surface area (TPSA) is 70.4 Å². The maximum atomic E-state index is 12.1. The van der Waals surface area contributed by atoms with Crippen molar-refractivity contribution in [3.8, 4) is 0 Å². The Morgan fingerprint density at radius 1 is 1.19 bits per heavy atom. The predicted molar refractivity (Wildman–Crippen MR) is 113 cm³/mol. The normalized spacial score (nSPS) is 11.4. The van der Waals surface area contributed by atoms with Crippen molar-refractivity contribution in [2.75, 3.05) is 18.9 Å². The lowest BCUT2D eigenvalue weighted by Crippen LogP contribution is -2.38. The van der Waals surface area contributed by atoms with E-state index < -0.39 is 0 Å². The van der Waals surface area contributed by atoms with E-state index in [0.717, 1.165) is 11.3 Å². The van der Waals surface area contributed by atoms with Crippen molar-refractivity contribution >= 4 is 52.4 Å². The van der Waals surface area contributed by atoms with Crippen LogP contribution in [0.5, 0.6) is 0 Å². The fraction of sp³-hybridized carbons (Fsp3) is 0.333. The largest absolute Gasteiger partial charge is 0.356 e. The maximum absolute atomic E-state index is 12.1. The Kier molecular flexibility index (Phi) is 7.83. The molecule has 146 valence electrons. The molecule has 0 unspecified atom stereocenters. The smallest absolute Gasteiger partial charge is 0.226 e. The van der Waals surface area contributed by atoms with Gasteiger partial charge in [-0.25, -0.2) is 0 Å². The van der Waals surface area contributed by atoms with Crippen molar-refractivity contribution in [3.05, 3.63) is 50.7 Å². The van der Waals surface area contributed by atoms with Crippen LogP contribution < -0.4 is 16.0 Å². The summed E-state index contributed by atoms with van der Waals surface area (Å²) in [6.45, 7) is 2.79. The maximum Gasteiger partial charge on any atom is 0.226 e. The van der Waals surface area contributed by atoms with Crippen LogP contribution in [0.3, 0.4) is 0 Å². The zero-order valence-corrected chi connectivity index (χ0v) is 17.6. The highest BCUT2D eigenvalue weighted by Crippen LogP contribution is 2.25. The minimum absolute atomic E-state index is 0.107. The number of carbonyl (C=O) groups excluding carboxylic acids is 1. The van der Waals surface area contributed by atoms with Gasteiger partial charge in [0.2, 0.25) is 5.91 Å². The van der Waals surface area contributed by atoms with Gasteiger partial charge < -0.3 is 20.5 Å². The summed E-state index contributed by atoms with van der Waals surface area (Å²) in [6, 6.07) is 7.21. The zero-order chi connectivity index (χ0) is 20.0. The lowest BCUT2D eigenvalue weighted by Gasteiger charge is -2.13. The molecule has 0 saturated carbocycles. The van der Waals surface area contributed by atoms with E-state index in [1.165, 1.54) is 0 Å². The van der Waals surface area contributed by atoms with E-state index in [0.29, 0.717) is 39.9 Å². The van der Waals surface area contributed by atoms with Crippen LogP contribution in [0.1, 0.15) is 17.7 Å². The Hall–Kier alpha value is -1.89. The van der Waals surface area contributed by atoms with Gasteiger partial charge in [0.15, 0.2) is 5.96 Å². The third kappa shape index (κ3) is 5.79. The fourth-order valence-corrected chi connectivity index (χ4v) is 2.99. The van der Waals surface area contributed by atoms with Gasteiger partial charge in [0.1, 0.15) is 5.15 Å². The minimum Gasteiger partial charge on any atom is -0.356 e. The van der Waals surface area contributed by atoms with Gasteiger partial charge in [-0.2, -0.15) is 0 Å². The first-order valence-corrected chi connectivity index (χ1v) is 9.46. The molecule has 1 aromatic heterocycles. The SMILES string of the molecule is CN=C(NCCC(=O)Nc1cccc(Cl)c1C)NCc1cc(Cl)c(Cl)n1C. The van der Waals surface area contributed by atoms with Gasteiger partial charge in [-0.15, -0.1) is 0 Å². The molecule has 0 fully saturated rings. The molecule has 9 heteroatoms. The molecule has 0 atom stereocenters. The number of anilines is 1. The van der Waals surface area contributed by atoms with E-state index in [-0.39, 0.29) is 12.3 Å².